The maximum Gasteiger partial charge on any atom is 0.267 e. The predicted octanol–water partition coefficient (Wildman–Crippen LogP) is 2.03. The summed E-state index contributed by atoms with van der Waals surface area (Å²) in [4.78, 5) is 17.9. The number of aromatic nitrogens is 2. The summed E-state index contributed by atoms with van der Waals surface area (Å²) >= 11 is 3.19. The van der Waals surface area contributed by atoms with Crippen molar-refractivity contribution >= 4 is 21.7 Å². The molecule has 5 nitrogen and oxygen atoms in total. The summed E-state index contributed by atoms with van der Waals surface area (Å²) in [5.74, 6) is 0.531. The Hall–Kier alpha value is -1.66. The lowest BCUT2D eigenvalue weighted by Crippen LogP contribution is -2.17. The van der Waals surface area contributed by atoms with Crippen LogP contribution in [0.1, 0.15) is 18.0 Å². The number of halogens is 1. The maximum absolute atomic E-state index is 11.4. The van der Waals surface area contributed by atoms with Gasteiger partial charge in [-0.3, -0.25) is 4.79 Å². The normalized spacial score (nSPS) is 12.1. The molecule has 0 spiro atoms. The molecule has 6 heteroatoms. The zero-order chi connectivity index (χ0) is 13.7. The summed E-state index contributed by atoms with van der Waals surface area (Å²) in [5, 5.41) is 3.10. The quantitative estimate of drug-likeness (QED) is 0.786. The molecule has 0 saturated heterocycles. The number of rotatable bonds is 5. The highest BCUT2D eigenvalue weighted by Crippen LogP contribution is 2.16. The average molecular weight is 323 g/mol. The van der Waals surface area contributed by atoms with E-state index in [2.05, 4.69) is 31.2 Å². The van der Waals surface area contributed by atoms with Crippen molar-refractivity contribution in [3.8, 4) is 0 Å². The van der Waals surface area contributed by atoms with E-state index in [1.807, 2.05) is 30.3 Å². The first-order valence-corrected chi connectivity index (χ1v) is 6.75. The average Bonchev–Trinajstić information content (AvgIpc) is 2.44. The van der Waals surface area contributed by atoms with Gasteiger partial charge in [-0.25, -0.2) is 4.98 Å². The molecule has 0 aliphatic carbocycles. The van der Waals surface area contributed by atoms with Crippen LogP contribution in [0.15, 0.2) is 45.9 Å². The van der Waals surface area contributed by atoms with Gasteiger partial charge >= 0.3 is 0 Å². The molecule has 1 heterocycles. The molecule has 100 valence electrons. The SMILES string of the molecule is NC(CCNc1nc[nH]c(=O)c1Br)c1ccccc1. The zero-order valence-electron chi connectivity index (χ0n) is 10.3. The molecule has 0 amide bonds. The molecule has 1 unspecified atom stereocenters. The topological polar surface area (TPSA) is 83.8 Å². The lowest BCUT2D eigenvalue weighted by Gasteiger charge is -2.13. The predicted molar refractivity (Wildman–Crippen MR) is 79.0 cm³/mol. The highest BCUT2D eigenvalue weighted by atomic mass is 79.9. The Labute approximate surface area is 119 Å². The molecular formula is C13H15BrN4O. The Balaban J connectivity index is 1.90. The number of nitrogens with zero attached hydrogens (tertiary/aromatic N) is 1. The summed E-state index contributed by atoms with van der Waals surface area (Å²) < 4.78 is 0.406. The van der Waals surface area contributed by atoms with Crippen LogP contribution in [0.5, 0.6) is 0 Å². The van der Waals surface area contributed by atoms with E-state index in [0.717, 1.165) is 12.0 Å². The second-order valence-corrected chi connectivity index (χ2v) is 4.92. The number of aromatic amines is 1. The smallest absolute Gasteiger partial charge is 0.267 e. The molecule has 2 rings (SSSR count). The van der Waals surface area contributed by atoms with E-state index in [-0.39, 0.29) is 11.6 Å². The van der Waals surface area contributed by atoms with Crippen molar-refractivity contribution in [1.29, 1.82) is 0 Å². The lowest BCUT2D eigenvalue weighted by molar-refractivity contribution is 0.674. The van der Waals surface area contributed by atoms with Crippen molar-refractivity contribution in [2.45, 2.75) is 12.5 Å². The fourth-order valence-corrected chi connectivity index (χ4v) is 2.08. The van der Waals surface area contributed by atoms with Gasteiger partial charge in [0.05, 0.1) is 6.33 Å². The zero-order valence-corrected chi connectivity index (χ0v) is 11.9. The molecule has 0 fully saturated rings. The molecule has 0 aliphatic rings. The van der Waals surface area contributed by atoms with Gasteiger partial charge in [-0.15, -0.1) is 0 Å². The molecule has 19 heavy (non-hydrogen) atoms. The van der Waals surface area contributed by atoms with Crippen LogP contribution < -0.4 is 16.6 Å². The number of hydrogen-bond acceptors (Lipinski definition) is 4. The summed E-state index contributed by atoms with van der Waals surface area (Å²) in [6.07, 6.45) is 2.12. The third-order valence-corrected chi connectivity index (χ3v) is 3.51. The first kappa shape index (κ1) is 13.8. The molecule has 1 atom stereocenters. The molecule has 0 radical (unpaired) electrons. The number of H-pyrrole nitrogens is 1. The van der Waals surface area contributed by atoms with Crippen molar-refractivity contribution < 1.29 is 0 Å². The summed E-state index contributed by atoms with van der Waals surface area (Å²) in [5.41, 5.74) is 6.98. The molecule has 0 aliphatic heterocycles. The third-order valence-electron chi connectivity index (χ3n) is 2.77. The van der Waals surface area contributed by atoms with Crippen LogP contribution in [0.3, 0.4) is 0 Å². The molecule has 1 aromatic carbocycles. The third kappa shape index (κ3) is 3.65. The van der Waals surface area contributed by atoms with Gasteiger partial charge in [0.25, 0.3) is 5.56 Å². The van der Waals surface area contributed by atoms with Crippen molar-refractivity contribution in [3.05, 3.63) is 57.0 Å². The Morgan fingerprint density at radius 1 is 1.37 bits per heavy atom. The van der Waals surface area contributed by atoms with Crippen LogP contribution in [-0.2, 0) is 0 Å². The summed E-state index contributed by atoms with van der Waals surface area (Å²) in [6.45, 7) is 0.644. The highest BCUT2D eigenvalue weighted by molar-refractivity contribution is 9.10. The Morgan fingerprint density at radius 3 is 2.84 bits per heavy atom. The van der Waals surface area contributed by atoms with Crippen molar-refractivity contribution in [2.24, 2.45) is 5.73 Å². The van der Waals surface area contributed by atoms with Crippen LogP contribution in [0.25, 0.3) is 0 Å². The highest BCUT2D eigenvalue weighted by Gasteiger charge is 2.07. The maximum atomic E-state index is 11.4. The standard InChI is InChI=1S/C13H15BrN4O/c14-11-12(17-8-18-13(11)19)16-7-6-10(15)9-4-2-1-3-5-9/h1-5,8,10H,6-7,15H2,(H2,16,17,18,19). The minimum Gasteiger partial charge on any atom is -0.369 e. The number of benzene rings is 1. The number of nitrogens with one attached hydrogen (secondary N) is 2. The van der Waals surface area contributed by atoms with E-state index >= 15 is 0 Å². The molecular weight excluding hydrogens is 308 g/mol. The molecule has 0 bridgehead atoms. The van der Waals surface area contributed by atoms with Gasteiger partial charge in [0, 0.05) is 12.6 Å². The summed E-state index contributed by atoms with van der Waals surface area (Å²) in [6, 6.07) is 9.88. The fraction of sp³-hybridized carbons (Fsp3) is 0.231. The minimum atomic E-state index is -0.204. The monoisotopic (exact) mass is 322 g/mol. The number of anilines is 1. The van der Waals surface area contributed by atoms with E-state index in [0.29, 0.717) is 16.8 Å². The van der Waals surface area contributed by atoms with Crippen LogP contribution in [-0.4, -0.2) is 16.5 Å². The van der Waals surface area contributed by atoms with Gasteiger partial charge in [-0.2, -0.15) is 0 Å². The van der Waals surface area contributed by atoms with E-state index in [1.165, 1.54) is 6.33 Å². The Kier molecular flexibility index (Phi) is 4.70. The van der Waals surface area contributed by atoms with Crippen molar-refractivity contribution in [2.75, 3.05) is 11.9 Å². The van der Waals surface area contributed by atoms with Gasteiger partial charge < -0.3 is 16.0 Å². The minimum absolute atomic E-state index is 0.0329. The van der Waals surface area contributed by atoms with Crippen LogP contribution >= 0.6 is 15.9 Å². The largest absolute Gasteiger partial charge is 0.369 e. The Morgan fingerprint density at radius 2 is 2.11 bits per heavy atom. The first-order chi connectivity index (χ1) is 9.18. The molecule has 4 N–H and O–H groups in total. The van der Waals surface area contributed by atoms with E-state index in [9.17, 15) is 4.79 Å². The van der Waals surface area contributed by atoms with Crippen molar-refractivity contribution in [1.82, 2.24) is 9.97 Å². The van der Waals surface area contributed by atoms with Gasteiger partial charge in [-0.05, 0) is 27.9 Å². The molecule has 2 aromatic rings. The van der Waals surface area contributed by atoms with Gasteiger partial charge in [0.1, 0.15) is 10.3 Å². The van der Waals surface area contributed by atoms with Gasteiger partial charge in [0.15, 0.2) is 0 Å². The molecule has 1 aromatic heterocycles. The Bertz CT molecular complexity index is 585. The number of nitrogens with two attached hydrogens (primary N) is 1. The fourth-order valence-electron chi connectivity index (χ4n) is 1.72. The van der Waals surface area contributed by atoms with E-state index in [1.54, 1.807) is 0 Å². The van der Waals surface area contributed by atoms with Crippen LogP contribution in [0, 0.1) is 0 Å². The van der Waals surface area contributed by atoms with E-state index in [4.69, 9.17) is 5.73 Å². The van der Waals surface area contributed by atoms with Gasteiger partial charge in [0.2, 0.25) is 0 Å². The van der Waals surface area contributed by atoms with E-state index < -0.39 is 0 Å². The summed E-state index contributed by atoms with van der Waals surface area (Å²) in [7, 11) is 0. The van der Waals surface area contributed by atoms with Gasteiger partial charge in [-0.1, -0.05) is 30.3 Å². The second-order valence-electron chi connectivity index (χ2n) is 4.13. The van der Waals surface area contributed by atoms with Crippen LogP contribution in [0.2, 0.25) is 0 Å². The first-order valence-electron chi connectivity index (χ1n) is 5.96. The molecule has 0 saturated carbocycles. The van der Waals surface area contributed by atoms with Crippen molar-refractivity contribution in [3.63, 3.8) is 0 Å². The lowest BCUT2D eigenvalue weighted by atomic mass is 10.1. The number of hydrogen-bond donors (Lipinski definition) is 3. The van der Waals surface area contributed by atoms with Crippen LogP contribution in [0.4, 0.5) is 5.82 Å². The second kappa shape index (κ2) is 6.49.